The molecule has 1 spiro atoms. The fourth-order valence-electron chi connectivity index (χ4n) is 6.60. The second kappa shape index (κ2) is 7.82. The summed E-state index contributed by atoms with van der Waals surface area (Å²) in [6, 6.07) is 5.02. The minimum absolute atomic E-state index is 0.0356. The third-order valence-electron chi connectivity index (χ3n) is 8.05. The summed E-state index contributed by atoms with van der Waals surface area (Å²) >= 11 is 6.46. The molecule has 2 saturated heterocycles. The molecule has 1 unspecified atom stereocenters. The van der Waals surface area contributed by atoms with Gasteiger partial charge in [-0.1, -0.05) is 18.9 Å². The summed E-state index contributed by atoms with van der Waals surface area (Å²) in [4.78, 5) is 15.8. The first kappa shape index (κ1) is 22.8. The number of anilines is 2. The van der Waals surface area contributed by atoms with Crippen LogP contribution in [0.15, 0.2) is 24.5 Å². The lowest BCUT2D eigenvalue weighted by Gasteiger charge is -2.25. The predicted molar refractivity (Wildman–Crippen MR) is 129 cm³/mol. The Morgan fingerprint density at radius 3 is 2.72 bits per heavy atom. The van der Waals surface area contributed by atoms with E-state index in [2.05, 4.69) is 15.0 Å². The number of nitrogens with zero attached hydrogens (tertiary/aromatic N) is 5. The monoisotopic (exact) mass is 515 g/mol. The number of fused-ring (bicyclic) bond motifs is 4. The number of imidazole rings is 1. The van der Waals surface area contributed by atoms with Gasteiger partial charge in [0, 0.05) is 17.6 Å². The van der Waals surface area contributed by atoms with Crippen LogP contribution in [-0.2, 0) is 19.6 Å². The highest BCUT2D eigenvalue weighted by atomic mass is 35.5. The second-order valence-electron chi connectivity index (χ2n) is 10.7. The minimum atomic E-state index is -0.808. The molecule has 1 aromatic carbocycles. The van der Waals surface area contributed by atoms with Gasteiger partial charge in [-0.2, -0.15) is 9.97 Å². The average molecular weight is 516 g/mol. The van der Waals surface area contributed by atoms with Crippen LogP contribution < -0.4 is 4.90 Å². The summed E-state index contributed by atoms with van der Waals surface area (Å²) < 4.78 is 34.5. The van der Waals surface area contributed by atoms with Crippen molar-refractivity contribution in [2.24, 2.45) is 0 Å². The molecule has 4 aliphatic rings. The van der Waals surface area contributed by atoms with Gasteiger partial charge in [0.1, 0.15) is 24.1 Å². The maximum Gasteiger partial charge on any atom is 0.226 e. The zero-order chi connectivity index (χ0) is 24.8. The summed E-state index contributed by atoms with van der Waals surface area (Å²) in [7, 11) is 0. The fourth-order valence-corrected chi connectivity index (χ4v) is 6.76. The number of rotatable bonds is 3. The van der Waals surface area contributed by atoms with Crippen LogP contribution in [0.25, 0.3) is 11.2 Å². The number of benzene rings is 1. The Kier molecular flexibility index (Phi) is 4.95. The van der Waals surface area contributed by atoms with Crippen LogP contribution in [0.4, 0.5) is 15.9 Å². The summed E-state index contributed by atoms with van der Waals surface area (Å²) in [5, 5.41) is 9.95. The molecule has 5 heterocycles. The van der Waals surface area contributed by atoms with Gasteiger partial charge in [0.2, 0.25) is 5.28 Å². The van der Waals surface area contributed by atoms with Crippen LogP contribution in [0.5, 0.6) is 0 Å². The molecule has 9 nitrogen and oxygen atoms in total. The van der Waals surface area contributed by atoms with Crippen LogP contribution in [-0.4, -0.2) is 61.9 Å². The average Bonchev–Trinajstić information content (AvgIpc) is 3.63. The van der Waals surface area contributed by atoms with Gasteiger partial charge in [-0.25, -0.2) is 9.37 Å². The van der Waals surface area contributed by atoms with Crippen molar-refractivity contribution in [3.63, 3.8) is 0 Å². The largest absolute Gasteiger partial charge is 0.394 e. The topological polar surface area (TPSA) is 94.8 Å². The standard InChI is InChI=1S/C25H27ClFN5O4/c1-24(2)35-18-16(10-33)34-22(19(18)36-24)32-12-28-17-20(29-23(26)30-21(17)32)31-11-25(7-3-4-8-25)14-6-5-13(27)9-15(14)31/h5-6,9,12,16,18-19,22,33H,3-4,7-8,10-11H2,1-2H3/t16-,18+,19?,22-/m1/s1. The third kappa shape index (κ3) is 3.24. The van der Waals surface area contributed by atoms with Gasteiger partial charge in [-0.3, -0.25) is 4.57 Å². The van der Waals surface area contributed by atoms with E-state index in [1.807, 2.05) is 24.8 Å². The van der Waals surface area contributed by atoms with E-state index in [1.165, 1.54) is 6.07 Å². The quantitative estimate of drug-likeness (QED) is 0.523. The lowest BCUT2D eigenvalue weighted by molar-refractivity contribution is -0.199. The number of hydrogen-bond acceptors (Lipinski definition) is 8. The van der Waals surface area contributed by atoms with Crippen LogP contribution in [0.1, 0.15) is 51.3 Å². The van der Waals surface area contributed by atoms with Gasteiger partial charge >= 0.3 is 0 Å². The summed E-state index contributed by atoms with van der Waals surface area (Å²) in [5.74, 6) is -0.563. The number of aliphatic hydroxyl groups is 1. The Labute approximate surface area is 212 Å². The first-order valence-electron chi connectivity index (χ1n) is 12.4. The lowest BCUT2D eigenvalue weighted by Crippen LogP contribution is -2.31. The van der Waals surface area contributed by atoms with E-state index in [-0.39, 0.29) is 23.1 Å². The molecule has 3 aliphatic heterocycles. The molecule has 7 rings (SSSR count). The third-order valence-corrected chi connectivity index (χ3v) is 8.22. The molecule has 1 saturated carbocycles. The van der Waals surface area contributed by atoms with Gasteiger partial charge in [0.05, 0.1) is 12.9 Å². The Morgan fingerprint density at radius 1 is 1.17 bits per heavy atom. The van der Waals surface area contributed by atoms with E-state index in [0.29, 0.717) is 23.5 Å². The molecule has 0 radical (unpaired) electrons. The molecule has 0 amide bonds. The maximum atomic E-state index is 14.4. The summed E-state index contributed by atoms with van der Waals surface area (Å²) in [5.41, 5.74) is 2.93. The molecule has 36 heavy (non-hydrogen) atoms. The molecule has 4 atom stereocenters. The second-order valence-corrected chi connectivity index (χ2v) is 11.0. The number of aromatic nitrogens is 4. The first-order valence-corrected chi connectivity index (χ1v) is 12.8. The van der Waals surface area contributed by atoms with Crippen molar-refractivity contribution >= 4 is 34.3 Å². The Hall–Kier alpha value is -2.37. The first-order chi connectivity index (χ1) is 17.3. The SMILES string of the molecule is CC1(C)OC2[C@@H](O1)[C@@H](CO)O[C@H]2n1cnc2c(N3CC4(CCCC4)c4ccc(F)cc43)nc(Cl)nc21. The van der Waals surface area contributed by atoms with E-state index < -0.39 is 30.3 Å². The maximum absolute atomic E-state index is 14.4. The van der Waals surface area contributed by atoms with Crippen LogP contribution >= 0.6 is 11.6 Å². The molecular formula is C25H27ClFN5O4. The van der Waals surface area contributed by atoms with E-state index in [4.69, 9.17) is 25.8 Å². The van der Waals surface area contributed by atoms with Crippen molar-refractivity contribution in [2.45, 2.75) is 75.3 Å². The Bertz CT molecular complexity index is 1360. The number of ether oxygens (including phenoxy) is 3. The van der Waals surface area contributed by atoms with Crippen LogP contribution in [0.3, 0.4) is 0 Å². The number of hydrogen-bond donors (Lipinski definition) is 1. The van der Waals surface area contributed by atoms with E-state index in [9.17, 15) is 9.50 Å². The fraction of sp³-hybridized carbons (Fsp3) is 0.560. The van der Waals surface area contributed by atoms with Gasteiger partial charge in [0.15, 0.2) is 29.0 Å². The molecule has 1 aliphatic carbocycles. The van der Waals surface area contributed by atoms with Gasteiger partial charge < -0.3 is 24.2 Å². The van der Waals surface area contributed by atoms with Crippen molar-refractivity contribution in [2.75, 3.05) is 18.1 Å². The van der Waals surface area contributed by atoms with E-state index in [1.54, 1.807) is 17.0 Å². The normalized spacial score (nSPS) is 30.0. The minimum Gasteiger partial charge on any atom is -0.394 e. The van der Waals surface area contributed by atoms with Gasteiger partial charge in [-0.15, -0.1) is 0 Å². The van der Waals surface area contributed by atoms with Crippen LogP contribution in [0, 0.1) is 5.82 Å². The Morgan fingerprint density at radius 2 is 1.94 bits per heavy atom. The highest BCUT2D eigenvalue weighted by Gasteiger charge is 2.56. The van der Waals surface area contributed by atoms with E-state index >= 15 is 0 Å². The molecule has 3 fully saturated rings. The zero-order valence-corrected chi connectivity index (χ0v) is 20.8. The molecule has 11 heteroatoms. The number of halogens is 2. The lowest BCUT2D eigenvalue weighted by atomic mass is 9.81. The summed E-state index contributed by atoms with van der Waals surface area (Å²) in [6.07, 6.45) is 3.95. The summed E-state index contributed by atoms with van der Waals surface area (Å²) in [6.45, 7) is 4.15. The predicted octanol–water partition coefficient (Wildman–Crippen LogP) is 3.99. The van der Waals surface area contributed by atoms with E-state index in [0.717, 1.165) is 36.9 Å². The van der Waals surface area contributed by atoms with Gasteiger partial charge in [-0.05, 0) is 56.0 Å². The molecule has 1 N–H and O–H groups in total. The highest BCUT2D eigenvalue weighted by Crippen LogP contribution is 2.53. The Balaban J connectivity index is 1.34. The number of aliphatic hydroxyl groups excluding tert-OH is 1. The zero-order valence-electron chi connectivity index (χ0n) is 20.0. The molecule has 190 valence electrons. The highest BCUT2D eigenvalue weighted by molar-refractivity contribution is 6.28. The smallest absolute Gasteiger partial charge is 0.226 e. The van der Waals surface area contributed by atoms with Crippen molar-refractivity contribution in [1.82, 2.24) is 19.5 Å². The van der Waals surface area contributed by atoms with Crippen molar-refractivity contribution < 1.29 is 23.7 Å². The molecule has 3 aromatic rings. The molecular weight excluding hydrogens is 489 g/mol. The van der Waals surface area contributed by atoms with Crippen molar-refractivity contribution in [1.29, 1.82) is 0 Å². The molecule has 2 aromatic heterocycles. The van der Waals surface area contributed by atoms with Crippen LogP contribution in [0.2, 0.25) is 5.28 Å². The van der Waals surface area contributed by atoms with Crippen molar-refractivity contribution in [3.8, 4) is 0 Å². The van der Waals surface area contributed by atoms with Crippen molar-refractivity contribution in [3.05, 3.63) is 41.2 Å². The van der Waals surface area contributed by atoms with Gasteiger partial charge in [0.25, 0.3) is 0 Å². The molecule has 0 bridgehead atoms.